The summed E-state index contributed by atoms with van der Waals surface area (Å²) in [4.78, 5) is 61.1. The Bertz CT molecular complexity index is 1660. The highest BCUT2D eigenvalue weighted by Gasteiger charge is 2.26. The van der Waals surface area contributed by atoms with Crippen LogP contribution in [0, 0.1) is 11.8 Å². The van der Waals surface area contributed by atoms with E-state index in [2.05, 4.69) is 44.7 Å². The number of carbonyl (C=O) groups is 5. The predicted molar refractivity (Wildman–Crippen MR) is 230 cm³/mol. The van der Waals surface area contributed by atoms with Crippen molar-refractivity contribution in [3.05, 3.63) is 65.2 Å². The first-order valence-corrected chi connectivity index (χ1v) is 21.9. The molecule has 2 aromatic carbocycles. The van der Waals surface area contributed by atoms with Gasteiger partial charge in [-0.15, -0.1) is 0 Å². The lowest BCUT2D eigenvalue weighted by molar-refractivity contribution is -0.172. The average molecular weight is 853 g/mol. The van der Waals surface area contributed by atoms with Crippen LogP contribution in [0.1, 0.15) is 114 Å². The van der Waals surface area contributed by atoms with E-state index in [1.54, 1.807) is 6.92 Å². The number of aryl methyl sites for hydroxylation is 2. The molecule has 0 N–H and O–H groups in total. The Labute approximate surface area is 362 Å². The summed E-state index contributed by atoms with van der Waals surface area (Å²) in [5, 5.41) is 0. The van der Waals surface area contributed by atoms with Gasteiger partial charge >= 0.3 is 29.8 Å². The van der Waals surface area contributed by atoms with Crippen LogP contribution in [0.25, 0.3) is 11.1 Å². The predicted octanol–water partition coefficient (Wildman–Crippen LogP) is 8.06. The Kier molecular flexibility index (Phi) is 23.8. The molecule has 0 bridgehead atoms. The molecule has 338 valence electrons. The lowest BCUT2D eigenvalue weighted by atomic mass is 9.76. The first kappa shape index (κ1) is 50.6. The molecule has 13 heteroatoms. The van der Waals surface area contributed by atoms with E-state index < -0.39 is 49.0 Å². The Morgan fingerprint density at radius 1 is 0.639 bits per heavy atom. The maximum Gasteiger partial charge on any atom is 0.417 e. The molecule has 2 aromatic rings. The van der Waals surface area contributed by atoms with Crippen LogP contribution in [0.2, 0.25) is 0 Å². The van der Waals surface area contributed by atoms with Gasteiger partial charge in [-0.05, 0) is 104 Å². The molecule has 0 amide bonds. The van der Waals surface area contributed by atoms with Gasteiger partial charge < -0.3 is 37.9 Å². The zero-order valence-electron chi connectivity index (χ0n) is 37.1. The van der Waals surface area contributed by atoms with Crippen LogP contribution in [-0.2, 0) is 70.0 Å². The zero-order valence-corrected chi connectivity index (χ0v) is 37.1. The molecular weight excluding hydrogens is 785 g/mol. The van der Waals surface area contributed by atoms with Crippen molar-refractivity contribution in [2.75, 3.05) is 67.1 Å². The van der Waals surface area contributed by atoms with Crippen molar-refractivity contribution in [3.8, 4) is 16.9 Å². The third-order valence-corrected chi connectivity index (χ3v) is 10.8. The van der Waals surface area contributed by atoms with Crippen molar-refractivity contribution in [1.82, 2.24) is 0 Å². The Morgan fingerprint density at radius 2 is 1.25 bits per heavy atom. The van der Waals surface area contributed by atoms with Crippen LogP contribution in [-0.4, -0.2) is 96.9 Å². The number of ether oxygens (including phenoxy) is 8. The quantitative estimate of drug-likeness (QED) is 0.0280. The van der Waals surface area contributed by atoms with Crippen LogP contribution in [0.15, 0.2) is 48.6 Å². The van der Waals surface area contributed by atoms with E-state index in [1.165, 1.54) is 89.6 Å². The minimum atomic E-state index is -1.25. The van der Waals surface area contributed by atoms with Gasteiger partial charge in [0.15, 0.2) is 0 Å². The number of rotatable bonds is 27. The van der Waals surface area contributed by atoms with Crippen molar-refractivity contribution < 1.29 is 61.9 Å². The van der Waals surface area contributed by atoms with Gasteiger partial charge in [0.1, 0.15) is 32.2 Å². The highest BCUT2D eigenvalue weighted by atomic mass is 16.6. The molecule has 1 fully saturated rings. The summed E-state index contributed by atoms with van der Waals surface area (Å²) in [7, 11) is 2.84. The normalized spacial score (nSPS) is 14.9. The largest absolute Gasteiger partial charge is 0.493 e. The smallest absolute Gasteiger partial charge is 0.417 e. The minimum absolute atomic E-state index is 0.0919. The summed E-state index contributed by atoms with van der Waals surface area (Å²) >= 11 is 0. The zero-order chi connectivity index (χ0) is 44.4. The summed E-state index contributed by atoms with van der Waals surface area (Å²) in [6.45, 7) is 8.80. The molecule has 0 unspecified atom stereocenters. The molecule has 0 aromatic heterocycles. The number of benzene rings is 2. The van der Waals surface area contributed by atoms with Crippen molar-refractivity contribution >= 4 is 29.8 Å². The Hall–Kier alpha value is -4.75. The van der Waals surface area contributed by atoms with E-state index in [-0.39, 0.29) is 39.6 Å². The van der Waals surface area contributed by atoms with E-state index >= 15 is 0 Å². The van der Waals surface area contributed by atoms with Gasteiger partial charge in [0.2, 0.25) is 0 Å². The Morgan fingerprint density at radius 3 is 1.84 bits per heavy atom. The van der Waals surface area contributed by atoms with E-state index in [0.717, 1.165) is 29.0 Å². The lowest BCUT2D eigenvalue weighted by Crippen LogP contribution is -2.31. The fourth-order valence-corrected chi connectivity index (χ4v) is 7.31. The third kappa shape index (κ3) is 18.4. The second-order valence-electron chi connectivity index (χ2n) is 15.7. The summed E-state index contributed by atoms with van der Waals surface area (Å²) in [6.07, 6.45) is 14.9. The maximum atomic E-state index is 12.4. The molecule has 0 heterocycles. The minimum Gasteiger partial charge on any atom is -0.493 e. The molecule has 0 aliphatic heterocycles. The second kappa shape index (κ2) is 28.7. The van der Waals surface area contributed by atoms with Gasteiger partial charge in [-0.3, -0.25) is 0 Å². The van der Waals surface area contributed by atoms with Crippen LogP contribution in [0.3, 0.4) is 0 Å². The monoisotopic (exact) mass is 852 g/mol. The van der Waals surface area contributed by atoms with Gasteiger partial charge in [-0.1, -0.05) is 83.2 Å². The average Bonchev–Trinajstić information content (AvgIpc) is 3.27. The molecule has 0 atom stereocenters. The lowest BCUT2D eigenvalue weighted by Gasteiger charge is -2.29. The SMILES string of the molecule is C=C(C)C(=O)OCCCc1cc(-c2ccc(C3CCC(CCCCCCC)CC3)cc2CC)ccc1OCC(COC(=O)C(=O)OCCOC)COC(=O)C(=O)OCCOC. The highest BCUT2D eigenvalue weighted by Crippen LogP contribution is 2.40. The molecule has 1 aliphatic carbocycles. The van der Waals surface area contributed by atoms with Crippen LogP contribution < -0.4 is 4.74 Å². The Balaban J connectivity index is 1.79. The number of methoxy groups -OCH3 is 2. The number of hydrogen-bond donors (Lipinski definition) is 0. The van der Waals surface area contributed by atoms with Crippen LogP contribution in [0.4, 0.5) is 0 Å². The topological polar surface area (TPSA) is 159 Å². The first-order valence-electron chi connectivity index (χ1n) is 21.9. The fraction of sp³-hybridized carbons (Fsp3) is 0.604. The molecule has 3 rings (SSSR count). The molecule has 0 spiro atoms. The highest BCUT2D eigenvalue weighted by molar-refractivity contribution is 6.30. The van der Waals surface area contributed by atoms with Gasteiger partial charge in [0.05, 0.1) is 32.3 Å². The number of esters is 5. The van der Waals surface area contributed by atoms with E-state index in [4.69, 9.17) is 37.9 Å². The molecule has 1 aliphatic rings. The molecule has 0 saturated heterocycles. The van der Waals surface area contributed by atoms with E-state index in [9.17, 15) is 24.0 Å². The number of hydrogen-bond acceptors (Lipinski definition) is 13. The van der Waals surface area contributed by atoms with Gasteiger partial charge in [-0.2, -0.15) is 0 Å². The fourth-order valence-electron chi connectivity index (χ4n) is 7.31. The van der Waals surface area contributed by atoms with Gasteiger partial charge in [0, 0.05) is 19.8 Å². The molecule has 0 radical (unpaired) electrons. The van der Waals surface area contributed by atoms with Crippen molar-refractivity contribution in [3.63, 3.8) is 0 Å². The van der Waals surface area contributed by atoms with Crippen LogP contribution in [0.5, 0.6) is 5.75 Å². The molecule has 61 heavy (non-hydrogen) atoms. The number of unbranched alkanes of at least 4 members (excludes halogenated alkanes) is 4. The van der Waals surface area contributed by atoms with Crippen molar-refractivity contribution in [1.29, 1.82) is 0 Å². The summed E-state index contributed by atoms with van der Waals surface area (Å²) in [5.74, 6) is -4.28. The van der Waals surface area contributed by atoms with Crippen molar-refractivity contribution in [2.24, 2.45) is 11.8 Å². The summed E-state index contributed by atoms with van der Waals surface area (Å²) in [5.41, 5.74) is 5.94. The summed E-state index contributed by atoms with van der Waals surface area (Å²) < 4.78 is 41.4. The first-order chi connectivity index (χ1) is 29.5. The molecular formula is C48H68O13. The second-order valence-corrected chi connectivity index (χ2v) is 15.7. The standard InChI is InChI=1S/C48H68O13/c1-7-9-10-11-12-14-35-16-18-38(19-17-35)39-20-22-42(37(8-2)29-39)40-21-23-43(41(30-40)15-13-24-56-44(49)34(3)4)59-31-36(32-60-47(52)45(50)57-27-25-54-5)33-61-48(53)46(51)58-28-26-55-6/h20-23,29-30,35-36,38H,3,7-19,24-28,31-33H2,1-2,4-6H3. The summed E-state index contributed by atoms with van der Waals surface area (Å²) in [6, 6.07) is 12.8. The van der Waals surface area contributed by atoms with E-state index in [1.807, 2.05) is 12.1 Å². The van der Waals surface area contributed by atoms with E-state index in [0.29, 0.717) is 30.1 Å². The van der Waals surface area contributed by atoms with Crippen LogP contribution >= 0.6 is 0 Å². The van der Waals surface area contributed by atoms with Crippen molar-refractivity contribution in [2.45, 2.75) is 110 Å². The van der Waals surface area contributed by atoms with Gasteiger partial charge in [0.25, 0.3) is 0 Å². The molecule has 1 saturated carbocycles. The third-order valence-electron chi connectivity index (χ3n) is 10.8. The molecule has 13 nitrogen and oxygen atoms in total. The number of carbonyl (C=O) groups excluding carboxylic acids is 5. The van der Waals surface area contributed by atoms with Gasteiger partial charge in [-0.25, -0.2) is 24.0 Å². The maximum absolute atomic E-state index is 12.4.